The molecule has 2 heterocycles. The van der Waals surface area contributed by atoms with Gasteiger partial charge in [-0.2, -0.15) is 27.1 Å². The summed E-state index contributed by atoms with van der Waals surface area (Å²) in [4.78, 5) is 18.7. The molecule has 3 aromatic carbocycles. The van der Waals surface area contributed by atoms with Gasteiger partial charge >= 0.3 is 12.3 Å². The minimum Gasteiger partial charge on any atom is -0.426 e. The average molecular weight is 617 g/mol. The standard InChI is InChI=1S/C29H25F5N6O2S/c1-18(2)23-5-3-4-6-24(23)40-25(41)16-43-27(40)37-36-15-19-7-9-20(10-8-19)26-35-17-39(38-26)21-11-13-22(14-12-21)42-29(33,34)28(30,31)32/h3-15,17-18,27,37H,16H2,1-2H3/b36-15+. The number of carbonyl (C=O) groups excluding carboxylic acids is 1. The van der Waals surface area contributed by atoms with Crippen LogP contribution in [0.3, 0.4) is 0 Å². The quantitative estimate of drug-likeness (QED) is 0.130. The van der Waals surface area contributed by atoms with E-state index in [9.17, 15) is 26.7 Å². The first-order valence-corrected chi connectivity index (χ1v) is 14.0. The molecular weight excluding hydrogens is 591 g/mol. The highest BCUT2D eigenvalue weighted by atomic mass is 32.2. The van der Waals surface area contributed by atoms with Gasteiger partial charge in [0.25, 0.3) is 0 Å². The number of rotatable bonds is 9. The van der Waals surface area contributed by atoms with Crippen LogP contribution in [0.25, 0.3) is 17.1 Å². The SMILES string of the molecule is CC(C)c1ccccc1N1C(=O)CSC1N/N=C/c1ccc(-c2ncn(-c3ccc(OC(F)(F)C(F)(F)F)cc3)n2)cc1. The molecule has 1 N–H and O–H groups in total. The Balaban J connectivity index is 1.22. The van der Waals surface area contributed by atoms with Crippen LogP contribution in [-0.2, 0) is 4.79 Å². The first-order chi connectivity index (χ1) is 20.4. The van der Waals surface area contributed by atoms with Gasteiger partial charge in [-0.05, 0) is 47.4 Å². The van der Waals surface area contributed by atoms with Crippen molar-refractivity contribution in [1.82, 2.24) is 20.2 Å². The summed E-state index contributed by atoms with van der Waals surface area (Å²) in [6.45, 7) is 4.17. The number of thioether (sulfide) groups is 1. The summed E-state index contributed by atoms with van der Waals surface area (Å²) >= 11 is 1.46. The predicted octanol–water partition coefficient (Wildman–Crippen LogP) is 6.58. The number of nitrogens with zero attached hydrogens (tertiary/aromatic N) is 5. The molecule has 5 rings (SSSR count). The van der Waals surface area contributed by atoms with Crippen molar-refractivity contribution in [3.05, 3.63) is 90.3 Å². The van der Waals surface area contributed by atoms with Crippen molar-refractivity contribution in [3.63, 3.8) is 0 Å². The molecule has 4 aromatic rings. The topological polar surface area (TPSA) is 84.6 Å². The molecule has 1 atom stereocenters. The molecule has 224 valence electrons. The lowest BCUT2D eigenvalue weighted by molar-refractivity contribution is -0.360. The normalized spacial score (nSPS) is 16.0. The van der Waals surface area contributed by atoms with E-state index < -0.39 is 18.0 Å². The third-order valence-corrected chi connectivity index (χ3v) is 7.47. The third-order valence-electron chi connectivity index (χ3n) is 6.42. The largest absolute Gasteiger partial charge is 0.499 e. The van der Waals surface area contributed by atoms with E-state index in [-0.39, 0.29) is 17.3 Å². The summed E-state index contributed by atoms with van der Waals surface area (Å²) in [7, 11) is 0. The number of halogens is 5. The van der Waals surface area contributed by atoms with Gasteiger partial charge in [-0.3, -0.25) is 15.1 Å². The number of amides is 1. The smallest absolute Gasteiger partial charge is 0.426 e. The third kappa shape index (κ3) is 6.63. The van der Waals surface area contributed by atoms with Crippen molar-refractivity contribution in [1.29, 1.82) is 0 Å². The van der Waals surface area contributed by atoms with Gasteiger partial charge in [-0.15, -0.1) is 16.9 Å². The molecule has 1 aliphatic heterocycles. The van der Waals surface area contributed by atoms with E-state index in [0.717, 1.165) is 28.9 Å². The number of alkyl halides is 5. The molecule has 1 aromatic heterocycles. The highest BCUT2D eigenvalue weighted by Gasteiger charge is 2.61. The molecule has 0 aliphatic carbocycles. The molecule has 0 spiro atoms. The molecular formula is C29H25F5N6O2S. The molecule has 1 amide bonds. The zero-order valence-electron chi connectivity index (χ0n) is 22.8. The van der Waals surface area contributed by atoms with Crippen LogP contribution >= 0.6 is 11.8 Å². The molecule has 0 radical (unpaired) electrons. The van der Waals surface area contributed by atoms with E-state index >= 15 is 0 Å². The summed E-state index contributed by atoms with van der Waals surface area (Å²) in [6, 6.07) is 19.6. The fraction of sp³-hybridized carbons (Fsp3) is 0.241. The fourth-order valence-electron chi connectivity index (χ4n) is 4.26. The van der Waals surface area contributed by atoms with Gasteiger partial charge in [-0.25, -0.2) is 9.67 Å². The molecule has 0 bridgehead atoms. The average Bonchev–Trinajstić information content (AvgIpc) is 3.60. The lowest BCUT2D eigenvalue weighted by Gasteiger charge is -2.26. The minimum absolute atomic E-state index is 0.00867. The maximum absolute atomic E-state index is 13.1. The maximum Gasteiger partial charge on any atom is 0.499 e. The number of benzene rings is 3. The van der Waals surface area contributed by atoms with Crippen LogP contribution in [0.1, 0.15) is 30.9 Å². The van der Waals surface area contributed by atoms with Crippen LogP contribution in [0.2, 0.25) is 0 Å². The number of hydrazone groups is 1. The van der Waals surface area contributed by atoms with Gasteiger partial charge in [0.1, 0.15) is 12.1 Å². The van der Waals surface area contributed by atoms with Crippen LogP contribution in [0.15, 0.2) is 84.2 Å². The summed E-state index contributed by atoms with van der Waals surface area (Å²) < 4.78 is 68.5. The highest BCUT2D eigenvalue weighted by molar-refractivity contribution is 8.01. The van der Waals surface area contributed by atoms with Crippen LogP contribution in [0, 0.1) is 0 Å². The van der Waals surface area contributed by atoms with Crippen molar-refractivity contribution in [3.8, 4) is 22.8 Å². The lowest BCUT2D eigenvalue weighted by Crippen LogP contribution is -2.41. The van der Waals surface area contributed by atoms with E-state index in [2.05, 4.69) is 39.2 Å². The molecule has 1 aliphatic rings. The van der Waals surface area contributed by atoms with Crippen LogP contribution in [0.5, 0.6) is 5.75 Å². The van der Waals surface area contributed by atoms with Gasteiger partial charge in [-0.1, -0.05) is 56.3 Å². The summed E-state index contributed by atoms with van der Waals surface area (Å²) in [6.07, 6.45) is -8.12. The van der Waals surface area contributed by atoms with Gasteiger partial charge in [0.05, 0.1) is 23.3 Å². The molecule has 43 heavy (non-hydrogen) atoms. The van der Waals surface area contributed by atoms with Crippen molar-refractivity contribution < 1.29 is 31.5 Å². The Kier molecular flexibility index (Phi) is 8.40. The van der Waals surface area contributed by atoms with Gasteiger partial charge in [0.2, 0.25) is 5.91 Å². The van der Waals surface area contributed by atoms with Gasteiger partial charge in [0.15, 0.2) is 11.3 Å². The van der Waals surface area contributed by atoms with E-state index in [1.807, 2.05) is 36.4 Å². The van der Waals surface area contributed by atoms with Crippen LogP contribution in [0.4, 0.5) is 27.6 Å². The predicted molar refractivity (Wildman–Crippen MR) is 153 cm³/mol. The first-order valence-electron chi connectivity index (χ1n) is 13.0. The Labute approximate surface area is 247 Å². The van der Waals surface area contributed by atoms with Crippen LogP contribution in [-0.4, -0.2) is 50.4 Å². The van der Waals surface area contributed by atoms with Crippen LogP contribution < -0.4 is 15.1 Å². The Morgan fingerprint density at radius 1 is 1.02 bits per heavy atom. The van der Waals surface area contributed by atoms with E-state index in [4.69, 9.17) is 0 Å². The fourth-order valence-corrected chi connectivity index (χ4v) is 5.22. The van der Waals surface area contributed by atoms with Gasteiger partial charge in [0, 0.05) is 5.56 Å². The molecule has 0 saturated carbocycles. The van der Waals surface area contributed by atoms with Crippen molar-refractivity contribution in [2.45, 2.75) is 37.5 Å². The monoisotopic (exact) mass is 616 g/mol. The van der Waals surface area contributed by atoms with Crippen molar-refractivity contribution >= 4 is 29.6 Å². The Hall–Kier alpha value is -4.46. The van der Waals surface area contributed by atoms with E-state index in [0.29, 0.717) is 22.8 Å². The van der Waals surface area contributed by atoms with Gasteiger partial charge < -0.3 is 4.74 Å². The number of carbonyl (C=O) groups is 1. The number of ether oxygens (including phenoxy) is 1. The number of para-hydroxylation sites is 1. The van der Waals surface area contributed by atoms with Crippen molar-refractivity contribution in [2.24, 2.45) is 5.10 Å². The lowest BCUT2D eigenvalue weighted by atomic mass is 10.0. The number of anilines is 1. The summed E-state index contributed by atoms with van der Waals surface area (Å²) in [5.41, 5.74) is 6.51. The second kappa shape index (κ2) is 12.0. The molecule has 1 saturated heterocycles. The molecule has 14 heteroatoms. The van der Waals surface area contributed by atoms with E-state index in [1.165, 1.54) is 34.9 Å². The van der Waals surface area contributed by atoms with Crippen molar-refractivity contribution in [2.75, 3.05) is 10.7 Å². The summed E-state index contributed by atoms with van der Waals surface area (Å²) in [5, 5.41) is 8.70. The first kappa shape index (κ1) is 30.0. The zero-order chi connectivity index (χ0) is 30.8. The minimum atomic E-state index is -5.83. The number of aromatic nitrogens is 3. The maximum atomic E-state index is 13.1. The Morgan fingerprint density at radius 3 is 2.40 bits per heavy atom. The molecule has 8 nitrogen and oxygen atoms in total. The Bertz CT molecular complexity index is 1610. The van der Waals surface area contributed by atoms with E-state index in [1.54, 1.807) is 23.2 Å². The number of hydrogen-bond acceptors (Lipinski definition) is 7. The zero-order valence-corrected chi connectivity index (χ0v) is 23.6. The highest BCUT2D eigenvalue weighted by Crippen LogP contribution is 2.37. The second-order valence-corrected chi connectivity index (χ2v) is 10.8. The molecule has 1 fully saturated rings. The summed E-state index contributed by atoms with van der Waals surface area (Å²) in [5.74, 6) is 0.324. The second-order valence-electron chi connectivity index (χ2n) is 9.77. The Morgan fingerprint density at radius 2 is 1.72 bits per heavy atom. The number of hydrogen-bond donors (Lipinski definition) is 1. The number of nitrogens with one attached hydrogen (secondary N) is 1. The molecule has 1 unspecified atom stereocenters.